The molecule has 1 aromatic heterocycles. The van der Waals surface area contributed by atoms with Crippen LogP contribution in [-0.2, 0) is 9.53 Å². The summed E-state index contributed by atoms with van der Waals surface area (Å²) in [7, 11) is 0. The summed E-state index contributed by atoms with van der Waals surface area (Å²) in [5, 5.41) is 2.91. The van der Waals surface area contributed by atoms with Gasteiger partial charge in [-0.3, -0.25) is 9.69 Å². The summed E-state index contributed by atoms with van der Waals surface area (Å²) in [5.74, 6) is 1.15. The summed E-state index contributed by atoms with van der Waals surface area (Å²) in [4.78, 5) is 21.2. The predicted molar refractivity (Wildman–Crippen MR) is 135 cm³/mol. The van der Waals surface area contributed by atoms with Crippen molar-refractivity contribution in [1.29, 1.82) is 0 Å². The Morgan fingerprint density at radius 3 is 2.59 bits per heavy atom. The van der Waals surface area contributed by atoms with Crippen LogP contribution in [-0.4, -0.2) is 73.9 Å². The van der Waals surface area contributed by atoms with Crippen molar-refractivity contribution in [1.82, 2.24) is 15.2 Å². The molecule has 1 N–H and O–H groups in total. The van der Waals surface area contributed by atoms with Crippen LogP contribution < -0.4 is 15.0 Å². The average Bonchev–Trinajstić information content (AvgIpc) is 3.48. The standard InChI is InChI=1S/C26H30N4O3S/c1-17(20-12-25(31)27-13-20)33-24-11-19(10-23-26(24)34-16-28-23)18-2-4-21(5-3-18)29-6-8-30(9-7-29)22-14-32-15-22/h2-5,10-11,16-17,20,22H,6-9,12-15H2,1H3,(H,27,31)/t17-,20?/m1/s1. The number of ether oxygens (including phenoxy) is 2. The summed E-state index contributed by atoms with van der Waals surface area (Å²) < 4.78 is 12.8. The van der Waals surface area contributed by atoms with Crippen LogP contribution in [0.1, 0.15) is 13.3 Å². The lowest BCUT2D eigenvalue weighted by atomic mass is 10.0. The van der Waals surface area contributed by atoms with Crippen molar-refractivity contribution in [3.8, 4) is 16.9 Å². The minimum atomic E-state index is -0.0490. The topological polar surface area (TPSA) is 66.9 Å². The molecule has 2 aromatic carbocycles. The maximum Gasteiger partial charge on any atom is 0.220 e. The highest BCUT2D eigenvalue weighted by atomic mass is 32.1. The van der Waals surface area contributed by atoms with E-state index in [9.17, 15) is 4.79 Å². The van der Waals surface area contributed by atoms with Crippen molar-refractivity contribution in [2.45, 2.75) is 25.5 Å². The summed E-state index contributed by atoms with van der Waals surface area (Å²) in [6.45, 7) is 8.79. The number of benzene rings is 2. The molecule has 3 saturated heterocycles. The largest absolute Gasteiger partial charge is 0.489 e. The molecule has 3 fully saturated rings. The molecule has 6 rings (SSSR count). The third-order valence-electron chi connectivity index (χ3n) is 7.40. The number of hydrogen-bond acceptors (Lipinski definition) is 7. The molecule has 0 spiro atoms. The van der Waals surface area contributed by atoms with E-state index in [1.807, 2.05) is 5.51 Å². The first kappa shape index (κ1) is 21.8. The zero-order valence-electron chi connectivity index (χ0n) is 19.4. The summed E-state index contributed by atoms with van der Waals surface area (Å²) in [5.41, 5.74) is 6.34. The Balaban J connectivity index is 1.19. The van der Waals surface area contributed by atoms with E-state index in [1.54, 1.807) is 11.3 Å². The van der Waals surface area contributed by atoms with Gasteiger partial charge in [-0.25, -0.2) is 4.98 Å². The van der Waals surface area contributed by atoms with E-state index in [0.717, 1.165) is 66.5 Å². The van der Waals surface area contributed by atoms with Crippen molar-refractivity contribution in [2.75, 3.05) is 50.8 Å². The lowest BCUT2D eigenvalue weighted by Gasteiger charge is -2.43. The molecule has 3 aliphatic rings. The van der Waals surface area contributed by atoms with Gasteiger partial charge in [-0.15, -0.1) is 11.3 Å². The Hall–Kier alpha value is -2.68. The van der Waals surface area contributed by atoms with Crippen molar-refractivity contribution in [3.05, 3.63) is 41.9 Å². The quantitative estimate of drug-likeness (QED) is 0.586. The first-order valence-electron chi connectivity index (χ1n) is 12.1. The molecule has 4 heterocycles. The minimum absolute atomic E-state index is 0.0490. The Bertz CT molecular complexity index is 1170. The normalized spacial score (nSPS) is 22.6. The molecule has 0 saturated carbocycles. The maximum absolute atomic E-state index is 11.6. The molecule has 7 nitrogen and oxygen atoms in total. The number of nitrogens with zero attached hydrogens (tertiary/aromatic N) is 3. The zero-order valence-corrected chi connectivity index (χ0v) is 20.2. The second-order valence-electron chi connectivity index (χ2n) is 9.53. The molecule has 34 heavy (non-hydrogen) atoms. The van der Waals surface area contributed by atoms with Crippen LogP contribution in [0.4, 0.5) is 5.69 Å². The van der Waals surface area contributed by atoms with E-state index < -0.39 is 0 Å². The third-order valence-corrected chi connectivity index (χ3v) is 8.26. The Morgan fingerprint density at radius 2 is 1.91 bits per heavy atom. The number of nitrogens with one attached hydrogen (secondary N) is 1. The van der Waals surface area contributed by atoms with Gasteiger partial charge in [0.25, 0.3) is 0 Å². The first-order valence-corrected chi connectivity index (χ1v) is 13.0. The van der Waals surface area contributed by atoms with Crippen LogP contribution in [0.2, 0.25) is 0 Å². The maximum atomic E-state index is 11.6. The number of piperazine rings is 1. The number of hydrogen-bond donors (Lipinski definition) is 1. The van der Waals surface area contributed by atoms with E-state index in [4.69, 9.17) is 9.47 Å². The molecule has 8 heteroatoms. The summed E-state index contributed by atoms with van der Waals surface area (Å²) in [6, 6.07) is 13.7. The molecule has 1 unspecified atom stereocenters. The summed E-state index contributed by atoms with van der Waals surface area (Å²) in [6.07, 6.45) is 0.476. The number of aromatic nitrogens is 1. The fourth-order valence-corrected chi connectivity index (χ4v) is 5.82. The Kier molecular flexibility index (Phi) is 5.89. The number of carbonyl (C=O) groups is 1. The molecule has 0 radical (unpaired) electrons. The second-order valence-corrected chi connectivity index (χ2v) is 10.4. The van der Waals surface area contributed by atoms with Gasteiger partial charge in [-0.1, -0.05) is 12.1 Å². The Morgan fingerprint density at radius 1 is 1.12 bits per heavy atom. The van der Waals surface area contributed by atoms with E-state index in [-0.39, 0.29) is 17.9 Å². The molecule has 2 atom stereocenters. The van der Waals surface area contributed by atoms with Gasteiger partial charge in [-0.05, 0) is 42.3 Å². The average molecular weight is 479 g/mol. The second kappa shape index (κ2) is 9.17. The lowest BCUT2D eigenvalue weighted by molar-refractivity contribution is -0.119. The van der Waals surface area contributed by atoms with Gasteiger partial charge in [0, 0.05) is 50.7 Å². The highest BCUT2D eigenvalue weighted by Gasteiger charge is 2.30. The van der Waals surface area contributed by atoms with Crippen LogP contribution in [0.3, 0.4) is 0 Å². The van der Waals surface area contributed by atoms with E-state index >= 15 is 0 Å². The van der Waals surface area contributed by atoms with Crippen LogP contribution in [0.5, 0.6) is 5.75 Å². The summed E-state index contributed by atoms with van der Waals surface area (Å²) >= 11 is 1.59. The molecule has 178 valence electrons. The monoisotopic (exact) mass is 478 g/mol. The highest BCUT2D eigenvalue weighted by molar-refractivity contribution is 7.17. The van der Waals surface area contributed by atoms with Crippen LogP contribution in [0.25, 0.3) is 21.3 Å². The highest BCUT2D eigenvalue weighted by Crippen LogP contribution is 2.36. The molecular weight excluding hydrogens is 448 g/mol. The van der Waals surface area contributed by atoms with Gasteiger partial charge in [0.1, 0.15) is 11.9 Å². The van der Waals surface area contributed by atoms with Gasteiger partial charge < -0.3 is 19.7 Å². The smallest absolute Gasteiger partial charge is 0.220 e. The SMILES string of the molecule is C[C@@H](Oc1cc(-c2ccc(N3CCN(C4COC4)CC3)cc2)cc2ncsc12)C1CNC(=O)C1. The van der Waals surface area contributed by atoms with Gasteiger partial charge in [-0.2, -0.15) is 0 Å². The fourth-order valence-electron chi connectivity index (χ4n) is 5.09. The first-order chi connectivity index (χ1) is 16.6. The van der Waals surface area contributed by atoms with Gasteiger partial charge >= 0.3 is 0 Å². The van der Waals surface area contributed by atoms with Crippen molar-refractivity contribution in [2.24, 2.45) is 5.92 Å². The third kappa shape index (κ3) is 4.26. The van der Waals surface area contributed by atoms with Crippen LogP contribution in [0, 0.1) is 5.92 Å². The van der Waals surface area contributed by atoms with Crippen molar-refractivity contribution in [3.63, 3.8) is 0 Å². The van der Waals surface area contributed by atoms with E-state index in [2.05, 4.69) is 63.4 Å². The molecule has 0 aliphatic carbocycles. The van der Waals surface area contributed by atoms with Crippen molar-refractivity contribution >= 4 is 33.1 Å². The molecule has 3 aliphatic heterocycles. The van der Waals surface area contributed by atoms with E-state index in [1.165, 1.54) is 5.69 Å². The zero-order chi connectivity index (χ0) is 23.1. The van der Waals surface area contributed by atoms with Crippen LogP contribution >= 0.6 is 11.3 Å². The van der Waals surface area contributed by atoms with Gasteiger partial charge in [0.05, 0.1) is 35.0 Å². The minimum Gasteiger partial charge on any atom is -0.489 e. The van der Waals surface area contributed by atoms with E-state index in [0.29, 0.717) is 19.0 Å². The molecule has 3 aromatic rings. The number of thiazole rings is 1. The number of carbonyl (C=O) groups excluding carboxylic acids is 1. The fraction of sp³-hybridized carbons (Fsp3) is 0.462. The molecule has 1 amide bonds. The molecular formula is C26H30N4O3S. The lowest BCUT2D eigenvalue weighted by Crippen LogP contribution is -2.56. The Labute approximate surface area is 203 Å². The van der Waals surface area contributed by atoms with Gasteiger partial charge in [0.2, 0.25) is 5.91 Å². The number of rotatable bonds is 6. The predicted octanol–water partition coefficient (Wildman–Crippen LogP) is 3.39. The van der Waals surface area contributed by atoms with Gasteiger partial charge in [0.15, 0.2) is 0 Å². The number of amides is 1. The number of fused-ring (bicyclic) bond motifs is 1. The number of anilines is 1. The van der Waals surface area contributed by atoms with Crippen LogP contribution in [0.15, 0.2) is 41.9 Å². The molecule has 0 bridgehead atoms. The van der Waals surface area contributed by atoms with Crippen molar-refractivity contribution < 1.29 is 14.3 Å².